The van der Waals surface area contributed by atoms with Crippen LogP contribution < -0.4 is 10.9 Å². The van der Waals surface area contributed by atoms with E-state index in [1.807, 2.05) is 26.0 Å². The van der Waals surface area contributed by atoms with Crippen LogP contribution in [0, 0.1) is 5.92 Å². The smallest absolute Gasteiger partial charge is 0.274 e. The largest absolute Gasteiger partial charge is 0.349 e. The number of amides is 1. The molecular weight excluding hydrogens is 328 g/mol. The lowest BCUT2D eigenvalue weighted by Crippen LogP contribution is -2.41. The molecule has 0 aliphatic carbocycles. The number of benzene rings is 1. The van der Waals surface area contributed by atoms with Crippen LogP contribution in [0.25, 0.3) is 10.8 Å². The summed E-state index contributed by atoms with van der Waals surface area (Å²) in [7, 11) is 0. The number of fused-ring (bicyclic) bond motifs is 1. The number of rotatable bonds is 6. The van der Waals surface area contributed by atoms with Crippen LogP contribution in [0.2, 0.25) is 0 Å². The van der Waals surface area contributed by atoms with Crippen LogP contribution >= 0.6 is 0 Å². The Morgan fingerprint density at radius 3 is 2.73 bits per heavy atom. The SMILES string of the molecule is CCN1CCCC1CNC(=O)c1nn(CC(C)C)c(=O)c2ccccc12. The first kappa shape index (κ1) is 18.6. The summed E-state index contributed by atoms with van der Waals surface area (Å²) < 4.78 is 1.43. The van der Waals surface area contributed by atoms with Crippen LogP contribution in [0.5, 0.6) is 0 Å². The first-order valence-electron chi connectivity index (χ1n) is 9.53. The Labute approximate surface area is 154 Å². The van der Waals surface area contributed by atoms with Gasteiger partial charge in [-0.25, -0.2) is 4.68 Å². The highest BCUT2D eigenvalue weighted by atomic mass is 16.2. The average molecular weight is 356 g/mol. The number of aromatic nitrogens is 2. The van der Waals surface area contributed by atoms with E-state index < -0.39 is 0 Å². The number of hydrogen-bond acceptors (Lipinski definition) is 4. The molecule has 1 aliphatic heterocycles. The average Bonchev–Trinajstić information content (AvgIpc) is 3.09. The normalized spacial score (nSPS) is 17.9. The van der Waals surface area contributed by atoms with E-state index in [4.69, 9.17) is 0 Å². The topological polar surface area (TPSA) is 67.2 Å². The Balaban J connectivity index is 1.89. The quantitative estimate of drug-likeness (QED) is 0.862. The van der Waals surface area contributed by atoms with Crippen molar-refractivity contribution >= 4 is 16.7 Å². The lowest BCUT2D eigenvalue weighted by Gasteiger charge is -2.23. The number of carbonyl (C=O) groups is 1. The van der Waals surface area contributed by atoms with E-state index in [-0.39, 0.29) is 17.4 Å². The van der Waals surface area contributed by atoms with Gasteiger partial charge in [0, 0.05) is 24.5 Å². The van der Waals surface area contributed by atoms with Gasteiger partial charge in [-0.3, -0.25) is 14.5 Å². The summed E-state index contributed by atoms with van der Waals surface area (Å²) in [6, 6.07) is 7.61. The fourth-order valence-corrected chi connectivity index (χ4v) is 3.71. The first-order valence-corrected chi connectivity index (χ1v) is 9.53. The third-order valence-corrected chi connectivity index (χ3v) is 5.02. The number of nitrogens with zero attached hydrogens (tertiary/aromatic N) is 3. The van der Waals surface area contributed by atoms with E-state index in [9.17, 15) is 9.59 Å². The van der Waals surface area contributed by atoms with E-state index >= 15 is 0 Å². The fourth-order valence-electron chi connectivity index (χ4n) is 3.71. The third-order valence-electron chi connectivity index (χ3n) is 5.02. The second-order valence-corrected chi connectivity index (χ2v) is 7.41. The van der Waals surface area contributed by atoms with Crippen LogP contribution in [0.1, 0.15) is 44.1 Å². The van der Waals surface area contributed by atoms with Gasteiger partial charge < -0.3 is 5.32 Å². The molecule has 2 heterocycles. The van der Waals surface area contributed by atoms with Crippen LogP contribution in [-0.2, 0) is 6.54 Å². The van der Waals surface area contributed by atoms with Gasteiger partial charge in [0.05, 0.1) is 5.39 Å². The van der Waals surface area contributed by atoms with E-state index in [0.717, 1.165) is 19.5 Å². The highest BCUT2D eigenvalue weighted by Crippen LogP contribution is 2.17. The standard InChI is InChI=1S/C20H28N4O2/c1-4-23-11-7-8-15(23)12-21-19(25)18-16-9-5-6-10-17(16)20(26)24(22-18)13-14(2)3/h5-6,9-10,14-15H,4,7-8,11-13H2,1-3H3,(H,21,25). The molecule has 1 aromatic carbocycles. The van der Waals surface area contributed by atoms with Gasteiger partial charge in [0.1, 0.15) is 0 Å². The van der Waals surface area contributed by atoms with E-state index in [2.05, 4.69) is 22.2 Å². The Hall–Kier alpha value is -2.21. The molecule has 1 atom stereocenters. The van der Waals surface area contributed by atoms with Crippen molar-refractivity contribution in [1.29, 1.82) is 0 Å². The van der Waals surface area contributed by atoms with Crippen LogP contribution in [0.4, 0.5) is 0 Å². The Morgan fingerprint density at radius 1 is 1.31 bits per heavy atom. The summed E-state index contributed by atoms with van der Waals surface area (Å²) >= 11 is 0. The number of likely N-dealkylation sites (tertiary alicyclic amines) is 1. The summed E-state index contributed by atoms with van der Waals surface area (Å²) in [5.74, 6) is 0.0653. The maximum absolute atomic E-state index is 12.9. The van der Waals surface area contributed by atoms with Gasteiger partial charge in [0.2, 0.25) is 0 Å². The molecule has 6 heteroatoms. The molecule has 1 fully saturated rings. The second kappa shape index (κ2) is 7.99. The highest BCUT2D eigenvalue weighted by molar-refractivity contribution is 6.04. The molecule has 1 amide bonds. The molecule has 140 valence electrons. The van der Waals surface area contributed by atoms with E-state index in [0.29, 0.717) is 35.6 Å². The van der Waals surface area contributed by atoms with E-state index in [1.165, 1.54) is 11.1 Å². The monoisotopic (exact) mass is 356 g/mol. The Kier molecular flexibility index (Phi) is 5.71. The maximum Gasteiger partial charge on any atom is 0.274 e. The summed E-state index contributed by atoms with van der Waals surface area (Å²) in [5, 5.41) is 8.61. The van der Waals surface area contributed by atoms with Crippen molar-refractivity contribution in [2.24, 2.45) is 5.92 Å². The molecule has 0 bridgehead atoms. The molecule has 3 rings (SSSR count). The molecule has 0 radical (unpaired) electrons. The predicted molar refractivity (Wildman–Crippen MR) is 103 cm³/mol. The zero-order valence-corrected chi connectivity index (χ0v) is 15.9. The molecule has 1 unspecified atom stereocenters. The molecular formula is C20H28N4O2. The summed E-state index contributed by atoms with van der Waals surface area (Å²) in [4.78, 5) is 27.9. The van der Waals surface area contributed by atoms with Crippen molar-refractivity contribution < 1.29 is 4.79 Å². The van der Waals surface area contributed by atoms with E-state index in [1.54, 1.807) is 12.1 Å². The number of carbonyl (C=O) groups excluding carboxylic acids is 1. The Morgan fingerprint density at radius 2 is 2.04 bits per heavy atom. The van der Waals surface area contributed by atoms with Crippen molar-refractivity contribution in [1.82, 2.24) is 20.0 Å². The molecule has 1 aromatic heterocycles. The second-order valence-electron chi connectivity index (χ2n) is 7.41. The van der Waals surface area contributed by atoms with Crippen molar-refractivity contribution in [2.45, 2.75) is 46.2 Å². The minimum atomic E-state index is -0.207. The predicted octanol–water partition coefficient (Wildman–Crippen LogP) is 2.27. The molecule has 2 aromatic rings. The molecule has 0 saturated carbocycles. The van der Waals surface area contributed by atoms with Crippen molar-refractivity contribution in [2.75, 3.05) is 19.6 Å². The van der Waals surface area contributed by atoms with Gasteiger partial charge >= 0.3 is 0 Å². The van der Waals surface area contributed by atoms with Gasteiger partial charge in [-0.2, -0.15) is 5.10 Å². The number of likely N-dealkylation sites (N-methyl/N-ethyl adjacent to an activating group) is 1. The van der Waals surface area contributed by atoms with Gasteiger partial charge in [0.15, 0.2) is 5.69 Å². The summed E-state index contributed by atoms with van der Waals surface area (Å²) in [6.07, 6.45) is 2.28. The first-order chi connectivity index (χ1) is 12.5. The third kappa shape index (κ3) is 3.80. The van der Waals surface area contributed by atoms with Crippen molar-refractivity contribution in [3.63, 3.8) is 0 Å². The number of hydrogen-bond donors (Lipinski definition) is 1. The zero-order valence-electron chi connectivity index (χ0n) is 15.9. The molecule has 1 saturated heterocycles. The maximum atomic E-state index is 12.9. The highest BCUT2D eigenvalue weighted by Gasteiger charge is 2.24. The van der Waals surface area contributed by atoms with Gasteiger partial charge in [0.25, 0.3) is 11.5 Å². The van der Waals surface area contributed by atoms with Gasteiger partial charge in [-0.1, -0.05) is 39.0 Å². The van der Waals surface area contributed by atoms with Gasteiger partial charge in [-0.15, -0.1) is 0 Å². The van der Waals surface area contributed by atoms with Crippen LogP contribution in [0.15, 0.2) is 29.1 Å². The minimum Gasteiger partial charge on any atom is -0.349 e. The van der Waals surface area contributed by atoms with Crippen molar-refractivity contribution in [3.8, 4) is 0 Å². The molecule has 0 spiro atoms. The summed E-state index contributed by atoms with van der Waals surface area (Å²) in [5.41, 5.74) is 0.195. The minimum absolute atomic E-state index is 0.140. The van der Waals surface area contributed by atoms with Crippen molar-refractivity contribution in [3.05, 3.63) is 40.3 Å². The lowest BCUT2D eigenvalue weighted by atomic mass is 10.1. The summed E-state index contributed by atoms with van der Waals surface area (Å²) in [6.45, 7) is 9.42. The molecule has 1 N–H and O–H groups in total. The van der Waals surface area contributed by atoms with Gasteiger partial charge in [-0.05, 0) is 37.9 Å². The zero-order chi connectivity index (χ0) is 18.7. The molecule has 6 nitrogen and oxygen atoms in total. The molecule has 26 heavy (non-hydrogen) atoms. The lowest BCUT2D eigenvalue weighted by molar-refractivity contribution is 0.0935. The van der Waals surface area contributed by atoms with Crippen LogP contribution in [0.3, 0.4) is 0 Å². The van der Waals surface area contributed by atoms with Crippen LogP contribution in [-0.4, -0.2) is 46.3 Å². The number of nitrogens with one attached hydrogen (secondary N) is 1. The fraction of sp³-hybridized carbons (Fsp3) is 0.550. The molecule has 1 aliphatic rings. The Bertz CT molecular complexity index is 843.